The Labute approximate surface area is 160 Å². The number of hydrogen-bond acceptors (Lipinski definition) is 5. The minimum atomic E-state index is -2.65. The Morgan fingerprint density at radius 1 is 1.11 bits per heavy atom. The first-order chi connectivity index (χ1) is 12.9. The molecular weight excluding hydrogens is 374 g/mol. The monoisotopic (exact) mass is 394 g/mol. The van der Waals surface area contributed by atoms with Crippen LogP contribution in [-0.2, 0) is 16.1 Å². The number of benzene rings is 2. The van der Waals surface area contributed by atoms with E-state index in [4.69, 9.17) is 4.74 Å². The van der Waals surface area contributed by atoms with Crippen LogP contribution >= 0.6 is 11.8 Å². The van der Waals surface area contributed by atoms with Crippen LogP contribution < -0.4 is 10.2 Å². The fourth-order valence-electron chi connectivity index (χ4n) is 2.21. The number of anilines is 1. The van der Waals surface area contributed by atoms with Crippen molar-refractivity contribution in [3.8, 4) is 0 Å². The lowest BCUT2D eigenvalue weighted by atomic mass is 10.2. The second-order valence-electron chi connectivity index (χ2n) is 5.79. The van der Waals surface area contributed by atoms with Gasteiger partial charge in [0.15, 0.2) is 6.61 Å². The van der Waals surface area contributed by atoms with Crippen molar-refractivity contribution in [2.24, 2.45) is 0 Å². The molecule has 0 fully saturated rings. The van der Waals surface area contributed by atoms with Crippen LogP contribution in [-0.4, -0.2) is 38.3 Å². The van der Waals surface area contributed by atoms with Gasteiger partial charge in [0.1, 0.15) is 0 Å². The molecule has 0 aliphatic carbocycles. The number of carbonyl (C=O) groups excluding carboxylic acids is 2. The second-order valence-corrected chi connectivity index (χ2v) is 6.82. The van der Waals surface area contributed by atoms with E-state index in [0.29, 0.717) is 6.54 Å². The van der Waals surface area contributed by atoms with E-state index in [2.05, 4.69) is 5.32 Å². The summed E-state index contributed by atoms with van der Waals surface area (Å²) in [4.78, 5) is 26.0. The van der Waals surface area contributed by atoms with Crippen LogP contribution in [0.25, 0.3) is 0 Å². The van der Waals surface area contributed by atoms with Gasteiger partial charge in [-0.15, -0.1) is 0 Å². The van der Waals surface area contributed by atoms with Gasteiger partial charge in [0, 0.05) is 31.2 Å². The molecule has 0 bridgehead atoms. The van der Waals surface area contributed by atoms with Gasteiger partial charge in [0.2, 0.25) is 0 Å². The van der Waals surface area contributed by atoms with Gasteiger partial charge < -0.3 is 15.0 Å². The van der Waals surface area contributed by atoms with E-state index in [1.807, 2.05) is 43.3 Å². The predicted molar refractivity (Wildman–Crippen MR) is 101 cm³/mol. The zero-order valence-corrected chi connectivity index (χ0v) is 15.8. The van der Waals surface area contributed by atoms with Crippen LogP contribution in [0.4, 0.5) is 14.5 Å². The van der Waals surface area contributed by atoms with Gasteiger partial charge in [-0.1, -0.05) is 36.0 Å². The van der Waals surface area contributed by atoms with Crippen molar-refractivity contribution < 1.29 is 23.1 Å². The fourth-order valence-corrected chi connectivity index (χ4v) is 2.83. The standard InChI is InChI=1S/C19H20F2N2O3S/c1-23(2)14-9-7-13(8-10-14)11-22-17(24)12-26-18(25)15-5-3-4-6-16(15)27-19(20)21/h3-10,19H,11-12H2,1-2H3,(H,22,24). The van der Waals surface area contributed by atoms with Gasteiger partial charge in [0.25, 0.3) is 11.7 Å². The minimum Gasteiger partial charge on any atom is -0.452 e. The Bertz CT molecular complexity index is 783. The van der Waals surface area contributed by atoms with Gasteiger partial charge in [-0.25, -0.2) is 4.79 Å². The summed E-state index contributed by atoms with van der Waals surface area (Å²) in [6.45, 7) is -0.190. The zero-order valence-electron chi connectivity index (χ0n) is 14.9. The van der Waals surface area contributed by atoms with Crippen molar-refractivity contribution in [2.45, 2.75) is 17.2 Å². The number of amides is 1. The number of nitrogens with zero attached hydrogens (tertiary/aromatic N) is 1. The van der Waals surface area contributed by atoms with E-state index in [1.54, 1.807) is 12.1 Å². The summed E-state index contributed by atoms with van der Waals surface area (Å²) in [5.41, 5.74) is 1.95. The maximum Gasteiger partial charge on any atom is 0.339 e. The summed E-state index contributed by atoms with van der Waals surface area (Å²) in [6.07, 6.45) is 0. The molecule has 0 radical (unpaired) electrons. The third kappa shape index (κ3) is 6.56. The van der Waals surface area contributed by atoms with E-state index in [9.17, 15) is 18.4 Å². The molecule has 0 aromatic heterocycles. The maximum absolute atomic E-state index is 12.6. The molecule has 5 nitrogen and oxygen atoms in total. The molecule has 0 unspecified atom stereocenters. The van der Waals surface area contributed by atoms with Crippen LogP contribution in [0.5, 0.6) is 0 Å². The Balaban J connectivity index is 1.84. The van der Waals surface area contributed by atoms with Crippen LogP contribution in [0.15, 0.2) is 53.4 Å². The molecular formula is C19H20F2N2O3S. The Hall–Kier alpha value is -2.61. The van der Waals surface area contributed by atoms with Crippen molar-refractivity contribution in [1.29, 1.82) is 0 Å². The normalized spacial score (nSPS) is 10.6. The summed E-state index contributed by atoms with van der Waals surface area (Å²) in [7, 11) is 3.87. The smallest absolute Gasteiger partial charge is 0.339 e. The fraction of sp³-hybridized carbons (Fsp3) is 0.263. The third-order valence-electron chi connectivity index (χ3n) is 3.60. The number of nitrogens with one attached hydrogen (secondary N) is 1. The number of alkyl halides is 2. The van der Waals surface area contributed by atoms with Gasteiger partial charge in [-0.3, -0.25) is 4.79 Å². The molecule has 1 N–H and O–H groups in total. The number of rotatable bonds is 8. The Morgan fingerprint density at radius 3 is 2.41 bits per heavy atom. The summed E-state index contributed by atoms with van der Waals surface area (Å²) in [5.74, 6) is -3.94. The first kappa shape index (κ1) is 20.7. The summed E-state index contributed by atoms with van der Waals surface area (Å²) in [6, 6.07) is 13.5. The highest BCUT2D eigenvalue weighted by Gasteiger charge is 2.17. The molecule has 144 valence electrons. The molecule has 8 heteroatoms. The molecule has 0 spiro atoms. The lowest BCUT2D eigenvalue weighted by Gasteiger charge is -2.13. The van der Waals surface area contributed by atoms with Crippen LogP contribution in [0.3, 0.4) is 0 Å². The van der Waals surface area contributed by atoms with Gasteiger partial charge >= 0.3 is 5.97 Å². The van der Waals surface area contributed by atoms with Crippen LogP contribution in [0, 0.1) is 0 Å². The molecule has 1 amide bonds. The number of hydrogen-bond donors (Lipinski definition) is 1. The van der Waals surface area contributed by atoms with Crippen molar-refractivity contribution in [3.63, 3.8) is 0 Å². The lowest BCUT2D eigenvalue weighted by Crippen LogP contribution is -2.28. The minimum absolute atomic E-state index is 0.00914. The summed E-state index contributed by atoms with van der Waals surface area (Å²) in [5, 5.41) is 2.65. The van der Waals surface area contributed by atoms with Crippen molar-refractivity contribution in [1.82, 2.24) is 5.32 Å². The molecule has 0 aliphatic rings. The van der Waals surface area contributed by atoms with E-state index in [0.717, 1.165) is 11.3 Å². The molecule has 0 aliphatic heterocycles. The number of halogens is 2. The van der Waals surface area contributed by atoms with E-state index in [1.165, 1.54) is 12.1 Å². The molecule has 0 heterocycles. The zero-order chi connectivity index (χ0) is 19.8. The third-order valence-corrected chi connectivity index (χ3v) is 4.39. The maximum atomic E-state index is 12.6. The van der Waals surface area contributed by atoms with Gasteiger partial charge in [0.05, 0.1) is 5.56 Å². The molecule has 2 aromatic rings. The van der Waals surface area contributed by atoms with E-state index < -0.39 is 24.2 Å². The van der Waals surface area contributed by atoms with E-state index in [-0.39, 0.29) is 22.2 Å². The first-order valence-electron chi connectivity index (χ1n) is 8.10. The SMILES string of the molecule is CN(C)c1ccc(CNC(=O)COC(=O)c2ccccc2SC(F)F)cc1. The molecule has 0 saturated heterocycles. The number of esters is 1. The average molecular weight is 394 g/mol. The Kier molecular flexibility index (Phi) is 7.60. The molecule has 27 heavy (non-hydrogen) atoms. The quantitative estimate of drug-likeness (QED) is 0.548. The van der Waals surface area contributed by atoms with Crippen LogP contribution in [0.1, 0.15) is 15.9 Å². The lowest BCUT2D eigenvalue weighted by molar-refractivity contribution is -0.124. The highest BCUT2D eigenvalue weighted by atomic mass is 32.2. The first-order valence-corrected chi connectivity index (χ1v) is 8.98. The molecule has 2 rings (SSSR count). The highest BCUT2D eigenvalue weighted by molar-refractivity contribution is 7.99. The largest absolute Gasteiger partial charge is 0.452 e. The van der Waals surface area contributed by atoms with Gasteiger partial charge in [-0.2, -0.15) is 8.78 Å². The summed E-state index contributed by atoms with van der Waals surface area (Å²) >= 11 is 0.260. The molecule has 0 atom stereocenters. The Morgan fingerprint density at radius 2 is 1.78 bits per heavy atom. The number of carbonyl (C=O) groups is 2. The van der Waals surface area contributed by atoms with Gasteiger partial charge in [-0.05, 0) is 29.8 Å². The number of thioether (sulfide) groups is 1. The van der Waals surface area contributed by atoms with E-state index >= 15 is 0 Å². The predicted octanol–water partition coefficient (Wildman–Crippen LogP) is 3.54. The highest BCUT2D eigenvalue weighted by Crippen LogP contribution is 2.28. The topological polar surface area (TPSA) is 58.6 Å². The average Bonchev–Trinajstić information content (AvgIpc) is 2.64. The van der Waals surface area contributed by atoms with Crippen LogP contribution in [0.2, 0.25) is 0 Å². The molecule has 0 saturated carbocycles. The van der Waals surface area contributed by atoms with Crippen molar-refractivity contribution in [3.05, 3.63) is 59.7 Å². The van der Waals surface area contributed by atoms with Crippen molar-refractivity contribution in [2.75, 3.05) is 25.6 Å². The number of ether oxygens (including phenoxy) is 1. The van der Waals surface area contributed by atoms with Crippen molar-refractivity contribution >= 4 is 29.3 Å². The summed E-state index contributed by atoms with van der Waals surface area (Å²) < 4.78 is 30.0. The molecule has 2 aromatic carbocycles. The second kappa shape index (κ2) is 9.91.